The van der Waals surface area contributed by atoms with E-state index in [0.29, 0.717) is 30.3 Å². The van der Waals surface area contributed by atoms with Crippen molar-refractivity contribution in [1.82, 2.24) is 24.5 Å². The second-order valence-electron chi connectivity index (χ2n) is 9.41. The summed E-state index contributed by atoms with van der Waals surface area (Å²) in [6, 6.07) is 9.94. The number of likely N-dealkylation sites (tertiary alicyclic amines) is 1. The molecule has 0 saturated carbocycles. The van der Waals surface area contributed by atoms with E-state index in [-0.39, 0.29) is 17.2 Å². The van der Waals surface area contributed by atoms with Gasteiger partial charge in [0.15, 0.2) is 5.57 Å². The number of carbonyl (C=O) groups is 1. The molecule has 8 nitrogen and oxygen atoms in total. The zero-order valence-corrected chi connectivity index (χ0v) is 20.1. The van der Waals surface area contributed by atoms with E-state index in [1.54, 1.807) is 4.57 Å². The van der Waals surface area contributed by atoms with Gasteiger partial charge in [-0.25, -0.2) is 4.98 Å². The van der Waals surface area contributed by atoms with Crippen LogP contribution in [0, 0.1) is 0 Å². The molecule has 2 atom stereocenters. The minimum atomic E-state index is -0.864. The van der Waals surface area contributed by atoms with Crippen molar-refractivity contribution in [3.05, 3.63) is 58.1 Å². The average molecular weight is 477 g/mol. The lowest BCUT2D eigenvalue weighted by atomic mass is 10.2. The fourth-order valence-corrected chi connectivity index (χ4v) is 7.46. The number of nitrogens with zero attached hydrogens (tertiary/aromatic N) is 4. The van der Waals surface area contributed by atoms with E-state index >= 15 is 0 Å². The molecule has 34 heavy (non-hydrogen) atoms. The molecule has 176 valence electrons. The molecular formula is C25H29N6O2P. The van der Waals surface area contributed by atoms with Crippen molar-refractivity contribution in [2.75, 3.05) is 18.4 Å². The van der Waals surface area contributed by atoms with Gasteiger partial charge in [-0.15, -0.1) is 0 Å². The molecule has 3 aromatic rings. The van der Waals surface area contributed by atoms with Crippen LogP contribution in [0.2, 0.25) is 0 Å². The van der Waals surface area contributed by atoms with E-state index in [9.17, 15) is 9.59 Å². The van der Waals surface area contributed by atoms with E-state index in [0.717, 1.165) is 23.5 Å². The third kappa shape index (κ3) is 3.99. The fourth-order valence-electron chi connectivity index (χ4n) is 5.23. The Morgan fingerprint density at radius 3 is 2.74 bits per heavy atom. The van der Waals surface area contributed by atoms with E-state index < -0.39 is 8.07 Å². The Morgan fingerprint density at radius 1 is 1.09 bits per heavy atom. The van der Waals surface area contributed by atoms with Gasteiger partial charge in [-0.05, 0) is 56.1 Å². The Balaban J connectivity index is 1.19. The summed E-state index contributed by atoms with van der Waals surface area (Å²) >= 11 is 0. The van der Waals surface area contributed by atoms with Crippen LogP contribution in [0.3, 0.4) is 0 Å². The maximum absolute atomic E-state index is 13.4. The first kappa shape index (κ1) is 21.7. The first-order chi connectivity index (χ1) is 16.7. The van der Waals surface area contributed by atoms with E-state index in [4.69, 9.17) is 4.98 Å². The van der Waals surface area contributed by atoms with Crippen molar-refractivity contribution in [1.29, 1.82) is 0 Å². The van der Waals surface area contributed by atoms with Gasteiger partial charge >= 0.3 is 0 Å². The van der Waals surface area contributed by atoms with Crippen molar-refractivity contribution in [3.8, 4) is 0 Å². The summed E-state index contributed by atoms with van der Waals surface area (Å²) in [4.78, 5) is 37.1. The zero-order chi connectivity index (χ0) is 23.1. The molecule has 1 aromatic carbocycles. The van der Waals surface area contributed by atoms with Crippen LogP contribution >= 0.6 is 8.07 Å². The van der Waals surface area contributed by atoms with Crippen molar-refractivity contribution < 1.29 is 4.79 Å². The third-order valence-corrected chi connectivity index (χ3v) is 9.37. The third-order valence-electron chi connectivity index (χ3n) is 7.05. The fraction of sp³-hybridized carbons (Fsp3) is 0.440. The Kier molecular flexibility index (Phi) is 5.79. The van der Waals surface area contributed by atoms with Gasteiger partial charge in [-0.2, -0.15) is 0 Å². The highest BCUT2D eigenvalue weighted by atomic mass is 31.1. The maximum atomic E-state index is 13.4. The number of hydrogen-bond donors (Lipinski definition) is 2. The van der Waals surface area contributed by atoms with Crippen LogP contribution in [-0.4, -0.2) is 38.4 Å². The lowest BCUT2D eigenvalue weighted by Gasteiger charge is -2.42. The van der Waals surface area contributed by atoms with E-state index in [1.165, 1.54) is 44.3 Å². The normalized spacial score (nSPS) is 22.3. The Bertz CT molecular complexity index is 1280. The molecule has 2 saturated heterocycles. The average Bonchev–Trinajstić information content (AvgIpc) is 3.11. The molecule has 0 radical (unpaired) electrons. The number of hydrogen-bond acceptors (Lipinski definition) is 6. The quantitative estimate of drug-likeness (QED) is 0.550. The molecular weight excluding hydrogens is 447 g/mol. The molecule has 2 unspecified atom stereocenters. The molecule has 0 spiro atoms. The molecule has 2 aromatic heterocycles. The molecule has 0 bridgehead atoms. The first-order valence-electron chi connectivity index (χ1n) is 12.2. The van der Waals surface area contributed by atoms with Crippen LogP contribution in [0.4, 0.5) is 5.69 Å². The highest BCUT2D eigenvalue weighted by Gasteiger charge is 2.44. The number of anilines is 1. The van der Waals surface area contributed by atoms with Crippen molar-refractivity contribution in [2.45, 2.75) is 57.4 Å². The summed E-state index contributed by atoms with van der Waals surface area (Å²) in [5.74, 6) is 0.127. The van der Waals surface area contributed by atoms with Gasteiger partial charge in [-0.1, -0.05) is 25.0 Å². The summed E-state index contributed by atoms with van der Waals surface area (Å²) in [6.07, 6.45) is 8.41. The van der Waals surface area contributed by atoms with Crippen LogP contribution < -0.4 is 21.5 Å². The summed E-state index contributed by atoms with van der Waals surface area (Å²) in [7, 11) is -0.864. The van der Waals surface area contributed by atoms with E-state index in [2.05, 4.69) is 32.4 Å². The highest BCUT2D eigenvalue weighted by molar-refractivity contribution is 7.65. The zero-order valence-electron chi connectivity index (χ0n) is 19.2. The predicted molar refractivity (Wildman–Crippen MR) is 134 cm³/mol. The number of amides is 1. The lowest BCUT2D eigenvalue weighted by molar-refractivity contribution is -0.120. The number of nitrogens with one attached hydrogen (secondary N) is 2. The van der Waals surface area contributed by atoms with Crippen LogP contribution in [-0.2, 0) is 17.9 Å². The molecule has 5 heterocycles. The monoisotopic (exact) mass is 476 g/mol. The summed E-state index contributed by atoms with van der Waals surface area (Å²) in [6.45, 7) is 3.85. The minimum absolute atomic E-state index is 0.0243. The summed E-state index contributed by atoms with van der Waals surface area (Å²) in [5.41, 5.74) is 4.33. The van der Waals surface area contributed by atoms with Gasteiger partial charge < -0.3 is 10.4 Å². The topological polar surface area (TPSA) is 92.2 Å². The highest BCUT2D eigenvalue weighted by Crippen LogP contribution is 2.55. The van der Waals surface area contributed by atoms with Crippen molar-refractivity contribution >= 4 is 36.1 Å². The van der Waals surface area contributed by atoms with Crippen LogP contribution in [0.1, 0.15) is 55.6 Å². The summed E-state index contributed by atoms with van der Waals surface area (Å²) < 4.78 is 1.79. The molecule has 3 aliphatic heterocycles. The molecule has 1 amide bonds. The Hall–Kier alpha value is -2.83. The number of rotatable bonds is 5. The van der Waals surface area contributed by atoms with Crippen LogP contribution in [0.15, 0.2) is 41.3 Å². The van der Waals surface area contributed by atoms with Crippen molar-refractivity contribution in [3.63, 3.8) is 0 Å². The van der Waals surface area contributed by atoms with Gasteiger partial charge in [0.1, 0.15) is 0 Å². The maximum Gasteiger partial charge on any atom is 0.264 e. The predicted octanol–water partition coefficient (Wildman–Crippen LogP) is 3.22. The first-order valence-corrected chi connectivity index (χ1v) is 13.6. The lowest BCUT2D eigenvalue weighted by Crippen LogP contribution is -2.52. The van der Waals surface area contributed by atoms with Crippen LogP contribution in [0.25, 0.3) is 10.9 Å². The molecule has 2 fully saturated rings. The second-order valence-corrected chi connectivity index (χ2v) is 11.4. The molecule has 3 aliphatic rings. The molecule has 0 aliphatic carbocycles. The van der Waals surface area contributed by atoms with Gasteiger partial charge in [0.25, 0.3) is 5.56 Å². The summed E-state index contributed by atoms with van der Waals surface area (Å²) in [5, 5.41) is 7.06. The standard InChI is InChI=1S/C25H29N6O2P/c32-21-10-11-22-31-24(33)23-19(6-5-7-20(23)28-25(31)34(22)29-21)27-15-18-9-8-17(14-26-18)16-30-12-3-1-2-4-13-30/h5-9,14,22,27H,1-4,10-13,15-16H2,(H,29,32). The molecule has 9 heteroatoms. The number of pyridine rings is 1. The van der Waals surface area contributed by atoms with Crippen LogP contribution in [0.5, 0.6) is 0 Å². The second kappa shape index (κ2) is 9.08. The number of fused-ring (bicyclic) bond motifs is 5. The number of carbonyl (C=O) groups excluding carboxylic acids is 1. The minimum Gasteiger partial charge on any atom is -0.379 e. The Labute approximate surface area is 199 Å². The Morgan fingerprint density at radius 2 is 1.94 bits per heavy atom. The molecule has 6 rings (SSSR count). The van der Waals surface area contributed by atoms with Gasteiger partial charge in [0, 0.05) is 24.8 Å². The largest absolute Gasteiger partial charge is 0.379 e. The SMILES string of the molecule is O=C1CCC2n3c(nc4cccc(NCc5ccc(CN6CCCCCC6)cn5)c4c3=O)P2N1. The van der Waals surface area contributed by atoms with Gasteiger partial charge in [0.05, 0.1) is 37.0 Å². The number of benzene rings is 1. The van der Waals surface area contributed by atoms with E-state index in [1.807, 2.05) is 24.4 Å². The van der Waals surface area contributed by atoms with Gasteiger partial charge in [-0.3, -0.25) is 24.0 Å². The van der Waals surface area contributed by atoms with Crippen molar-refractivity contribution in [2.24, 2.45) is 0 Å². The smallest absolute Gasteiger partial charge is 0.264 e. The molecule has 2 N–H and O–H groups in total. The van der Waals surface area contributed by atoms with Gasteiger partial charge in [0.2, 0.25) is 5.91 Å². The number of aromatic nitrogens is 3.